The first-order valence-corrected chi connectivity index (χ1v) is 7.13. The van der Waals surface area contributed by atoms with Gasteiger partial charge in [0.2, 0.25) is 0 Å². The van der Waals surface area contributed by atoms with Gasteiger partial charge in [-0.3, -0.25) is 0 Å². The Labute approximate surface area is 110 Å². The average molecular weight is 273 g/mol. The lowest BCUT2D eigenvalue weighted by Gasteiger charge is -2.04. The fraction of sp³-hybridized carbons (Fsp3) is 0. The van der Waals surface area contributed by atoms with Crippen LogP contribution in [0.1, 0.15) is 0 Å². The first-order valence-electron chi connectivity index (χ1n) is 5.72. The highest BCUT2D eigenvalue weighted by atomic mass is 32.2. The van der Waals surface area contributed by atoms with Crippen LogP contribution < -0.4 is 4.18 Å². The summed E-state index contributed by atoms with van der Waals surface area (Å²) in [4.78, 5) is 2.84. The Hall–Kier alpha value is -2.27. The van der Waals surface area contributed by atoms with E-state index < -0.39 is 10.1 Å². The maximum absolute atomic E-state index is 12.1. The number of aromatic amines is 1. The van der Waals surface area contributed by atoms with Crippen LogP contribution in [0.2, 0.25) is 0 Å². The third-order valence-electron chi connectivity index (χ3n) is 2.72. The molecule has 1 N–H and O–H groups in total. The van der Waals surface area contributed by atoms with Crippen molar-refractivity contribution in [3.8, 4) is 5.75 Å². The third kappa shape index (κ3) is 2.32. The molecule has 4 nitrogen and oxygen atoms in total. The van der Waals surface area contributed by atoms with Crippen LogP contribution in [0.15, 0.2) is 65.7 Å². The molecule has 2 aromatic carbocycles. The van der Waals surface area contributed by atoms with Gasteiger partial charge in [-0.05, 0) is 24.3 Å². The van der Waals surface area contributed by atoms with E-state index in [0.29, 0.717) is 5.75 Å². The Morgan fingerprint density at radius 2 is 1.58 bits per heavy atom. The van der Waals surface area contributed by atoms with Crippen LogP contribution in [0.3, 0.4) is 0 Å². The monoisotopic (exact) mass is 273 g/mol. The van der Waals surface area contributed by atoms with E-state index in [2.05, 4.69) is 4.98 Å². The van der Waals surface area contributed by atoms with Crippen molar-refractivity contribution < 1.29 is 12.6 Å². The highest BCUT2D eigenvalue weighted by Gasteiger charge is 2.19. The van der Waals surface area contributed by atoms with Gasteiger partial charge in [0, 0.05) is 10.9 Å². The van der Waals surface area contributed by atoms with E-state index in [-0.39, 0.29) is 5.03 Å². The molecule has 0 fully saturated rings. The Balaban J connectivity index is 2.00. The van der Waals surface area contributed by atoms with E-state index in [9.17, 15) is 8.42 Å². The standard InChI is InChI=1S/C14H11NO3S/c16-19(17,18-12-7-2-1-3-8-12)14-10-11-6-4-5-9-13(11)15-14/h1-10,15H. The second-order valence-electron chi connectivity index (χ2n) is 4.07. The zero-order valence-corrected chi connectivity index (χ0v) is 10.7. The van der Waals surface area contributed by atoms with Gasteiger partial charge in [-0.25, -0.2) is 0 Å². The minimum absolute atomic E-state index is 0.0533. The first-order chi connectivity index (χ1) is 9.15. The number of benzene rings is 2. The first kappa shape index (κ1) is 11.8. The number of para-hydroxylation sites is 2. The molecule has 96 valence electrons. The number of hydrogen-bond donors (Lipinski definition) is 1. The number of nitrogens with one attached hydrogen (secondary N) is 1. The van der Waals surface area contributed by atoms with Crippen molar-refractivity contribution in [1.82, 2.24) is 4.98 Å². The summed E-state index contributed by atoms with van der Waals surface area (Å²) < 4.78 is 29.3. The molecule has 0 aliphatic heterocycles. The highest BCUT2D eigenvalue weighted by molar-refractivity contribution is 7.87. The van der Waals surface area contributed by atoms with Crippen LogP contribution in [-0.2, 0) is 10.1 Å². The predicted octanol–water partition coefficient (Wildman–Crippen LogP) is 2.94. The van der Waals surface area contributed by atoms with E-state index in [0.717, 1.165) is 10.9 Å². The van der Waals surface area contributed by atoms with Crippen molar-refractivity contribution in [1.29, 1.82) is 0 Å². The van der Waals surface area contributed by atoms with Gasteiger partial charge >= 0.3 is 10.1 Å². The fourth-order valence-corrected chi connectivity index (χ4v) is 2.79. The summed E-state index contributed by atoms with van der Waals surface area (Å²) in [5, 5.41) is 0.885. The molecule has 19 heavy (non-hydrogen) atoms. The summed E-state index contributed by atoms with van der Waals surface area (Å²) in [6.45, 7) is 0. The molecule has 0 unspecified atom stereocenters. The van der Waals surface area contributed by atoms with Crippen LogP contribution in [-0.4, -0.2) is 13.4 Å². The molecule has 0 spiro atoms. The summed E-state index contributed by atoms with van der Waals surface area (Å²) in [6.07, 6.45) is 0. The van der Waals surface area contributed by atoms with E-state index in [4.69, 9.17) is 4.18 Å². The molecule has 3 rings (SSSR count). The fourth-order valence-electron chi connectivity index (χ4n) is 1.83. The van der Waals surface area contributed by atoms with Crippen LogP contribution in [0.5, 0.6) is 5.75 Å². The zero-order chi connectivity index (χ0) is 13.3. The molecule has 0 aliphatic carbocycles. The largest absolute Gasteiger partial charge is 0.378 e. The molecule has 0 saturated heterocycles. The van der Waals surface area contributed by atoms with Gasteiger partial charge in [-0.2, -0.15) is 8.42 Å². The quantitative estimate of drug-likeness (QED) is 0.746. The second kappa shape index (κ2) is 4.44. The van der Waals surface area contributed by atoms with Gasteiger partial charge in [-0.1, -0.05) is 36.4 Å². The van der Waals surface area contributed by atoms with Crippen molar-refractivity contribution in [2.24, 2.45) is 0 Å². The molecular weight excluding hydrogens is 262 g/mol. The van der Waals surface area contributed by atoms with Crippen molar-refractivity contribution in [2.75, 3.05) is 0 Å². The molecule has 3 aromatic rings. The average Bonchev–Trinajstić information content (AvgIpc) is 2.84. The van der Waals surface area contributed by atoms with Crippen molar-refractivity contribution >= 4 is 21.0 Å². The van der Waals surface area contributed by atoms with Crippen molar-refractivity contribution in [2.45, 2.75) is 5.03 Å². The van der Waals surface area contributed by atoms with Crippen molar-refractivity contribution in [3.63, 3.8) is 0 Å². The number of aromatic nitrogens is 1. The molecule has 5 heteroatoms. The molecule has 0 radical (unpaired) electrons. The molecule has 0 aliphatic rings. The van der Waals surface area contributed by atoms with Gasteiger partial charge in [0.1, 0.15) is 5.75 Å². The maximum Gasteiger partial charge on any atom is 0.354 e. The lowest BCUT2D eigenvalue weighted by atomic mass is 10.3. The predicted molar refractivity (Wildman–Crippen MR) is 72.6 cm³/mol. The number of H-pyrrole nitrogens is 1. The summed E-state index contributed by atoms with van der Waals surface area (Å²) in [5.74, 6) is 0.293. The second-order valence-corrected chi connectivity index (χ2v) is 5.59. The molecular formula is C14H11NO3S. The highest BCUT2D eigenvalue weighted by Crippen LogP contribution is 2.21. The van der Waals surface area contributed by atoms with Gasteiger partial charge in [0.25, 0.3) is 0 Å². The zero-order valence-electron chi connectivity index (χ0n) is 9.91. The van der Waals surface area contributed by atoms with E-state index in [1.807, 2.05) is 24.3 Å². The lowest BCUT2D eigenvalue weighted by molar-refractivity contribution is 0.483. The lowest BCUT2D eigenvalue weighted by Crippen LogP contribution is -2.09. The number of fused-ring (bicyclic) bond motifs is 1. The SMILES string of the molecule is O=S(=O)(Oc1ccccc1)c1cc2ccccc2[nH]1. The van der Waals surface area contributed by atoms with Crippen LogP contribution in [0.25, 0.3) is 10.9 Å². The number of rotatable bonds is 3. The van der Waals surface area contributed by atoms with E-state index >= 15 is 0 Å². The normalized spacial score (nSPS) is 11.6. The molecule has 0 amide bonds. The smallest absolute Gasteiger partial charge is 0.354 e. The Morgan fingerprint density at radius 1 is 0.895 bits per heavy atom. The third-order valence-corrected chi connectivity index (χ3v) is 3.89. The van der Waals surface area contributed by atoms with Gasteiger partial charge in [0.05, 0.1) is 0 Å². The van der Waals surface area contributed by atoms with Crippen LogP contribution in [0.4, 0.5) is 0 Å². The molecule has 0 bridgehead atoms. The Morgan fingerprint density at radius 3 is 2.32 bits per heavy atom. The topological polar surface area (TPSA) is 59.2 Å². The van der Waals surface area contributed by atoms with Crippen LogP contribution in [0, 0.1) is 0 Å². The number of hydrogen-bond acceptors (Lipinski definition) is 3. The minimum Gasteiger partial charge on any atom is -0.378 e. The molecule has 0 atom stereocenters. The maximum atomic E-state index is 12.1. The summed E-state index contributed by atoms with van der Waals surface area (Å²) in [7, 11) is -3.83. The molecule has 1 heterocycles. The van der Waals surface area contributed by atoms with Gasteiger partial charge in [-0.15, -0.1) is 0 Å². The summed E-state index contributed by atoms with van der Waals surface area (Å²) in [5.41, 5.74) is 0.762. The minimum atomic E-state index is -3.83. The van der Waals surface area contributed by atoms with Gasteiger partial charge < -0.3 is 9.17 Å². The van der Waals surface area contributed by atoms with Gasteiger partial charge in [0.15, 0.2) is 5.03 Å². The van der Waals surface area contributed by atoms with E-state index in [1.54, 1.807) is 36.4 Å². The molecule has 0 saturated carbocycles. The van der Waals surface area contributed by atoms with Crippen LogP contribution >= 0.6 is 0 Å². The Bertz CT molecular complexity index is 774. The molecule has 1 aromatic heterocycles. The Kier molecular flexibility index (Phi) is 2.76. The van der Waals surface area contributed by atoms with E-state index in [1.165, 1.54) is 0 Å². The van der Waals surface area contributed by atoms with Crippen molar-refractivity contribution in [3.05, 3.63) is 60.7 Å². The summed E-state index contributed by atoms with van der Waals surface area (Å²) >= 11 is 0. The summed E-state index contributed by atoms with van der Waals surface area (Å²) in [6, 6.07) is 17.3.